The lowest BCUT2D eigenvalue weighted by atomic mass is 10.2. The fourth-order valence-corrected chi connectivity index (χ4v) is 1.33. The first kappa shape index (κ1) is 11.3. The van der Waals surface area contributed by atoms with E-state index in [9.17, 15) is 0 Å². The van der Waals surface area contributed by atoms with Crippen LogP contribution >= 0.6 is 0 Å². The number of anilines is 2. The molecule has 15 heavy (non-hydrogen) atoms. The van der Waals surface area contributed by atoms with E-state index in [2.05, 4.69) is 4.98 Å². The van der Waals surface area contributed by atoms with Gasteiger partial charge in [0, 0.05) is 19.3 Å². The maximum Gasteiger partial charge on any atom is 0.151 e. The zero-order valence-corrected chi connectivity index (χ0v) is 8.64. The maximum absolute atomic E-state index is 8.86. The van der Waals surface area contributed by atoms with Crippen LogP contribution in [0.15, 0.2) is 12.3 Å². The first-order valence-electron chi connectivity index (χ1n) is 4.74. The van der Waals surface area contributed by atoms with Crippen molar-refractivity contribution in [1.82, 2.24) is 4.98 Å². The Morgan fingerprint density at radius 2 is 2.40 bits per heavy atom. The summed E-state index contributed by atoms with van der Waals surface area (Å²) in [6.45, 7) is 3.20. The number of nitrogen functional groups attached to an aromatic ring is 1. The van der Waals surface area contributed by atoms with Gasteiger partial charge in [0.15, 0.2) is 5.82 Å². The number of hydrogen-bond acceptors (Lipinski definition) is 5. The van der Waals surface area contributed by atoms with Crippen LogP contribution in [0.5, 0.6) is 0 Å². The van der Waals surface area contributed by atoms with E-state index in [1.54, 1.807) is 6.07 Å². The summed E-state index contributed by atoms with van der Waals surface area (Å²) < 4.78 is 0. The zero-order chi connectivity index (χ0) is 11.3. The summed E-state index contributed by atoms with van der Waals surface area (Å²) in [7, 11) is 0. The maximum atomic E-state index is 8.86. The predicted molar refractivity (Wildman–Crippen MR) is 58.3 cm³/mol. The van der Waals surface area contributed by atoms with Crippen LogP contribution in [0, 0.1) is 11.3 Å². The normalized spacial score (nSPS) is 9.67. The molecule has 1 heterocycles. The Labute approximate surface area is 88.8 Å². The fraction of sp³-hybridized carbons (Fsp3) is 0.400. The van der Waals surface area contributed by atoms with Crippen molar-refractivity contribution >= 4 is 11.5 Å². The summed E-state index contributed by atoms with van der Waals surface area (Å²) in [5.74, 6) is 0.616. The first-order chi connectivity index (χ1) is 7.22. The summed E-state index contributed by atoms with van der Waals surface area (Å²) in [4.78, 5) is 5.96. The number of aromatic nitrogens is 1. The molecule has 0 bridgehead atoms. The summed E-state index contributed by atoms with van der Waals surface area (Å²) in [5, 5.41) is 17.5. The molecule has 0 aromatic carbocycles. The third-order valence-corrected chi connectivity index (χ3v) is 2.08. The van der Waals surface area contributed by atoms with E-state index in [0.29, 0.717) is 30.2 Å². The van der Waals surface area contributed by atoms with Crippen LogP contribution < -0.4 is 10.6 Å². The largest absolute Gasteiger partial charge is 0.396 e. The third-order valence-electron chi connectivity index (χ3n) is 2.08. The van der Waals surface area contributed by atoms with Crippen LogP contribution in [0.2, 0.25) is 0 Å². The highest BCUT2D eigenvalue weighted by Crippen LogP contribution is 2.20. The number of aliphatic hydroxyl groups is 1. The van der Waals surface area contributed by atoms with Crippen LogP contribution in [-0.2, 0) is 0 Å². The Morgan fingerprint density at radius 3 is 2.87 bits per heavy atom. The van der Waals surface area contributed by atoms with Crippen molar-refractivity contribution in [3.8, 4) is 6.07 Å². The highest BCUT2D eigenvalue weighted by Gasteiger charge is 2.09. The van der Waals surface area contributed by atoms with Crippen molar-refractivity contribution < 1.29 is 5.11 Å². The second kappa shape index (κ2) is 5.17. The Hall–Kier alpha value is -1.80. The Balaban J connectivity index is 2.98. The topological polar surface area (TPSA) is 86.2 Å². The minimum absolute atomic E-state index is 0.0506. The second-order valence-electron chi connectivity index (χ2n) is 3.05. The number of nitrogens with zero attached hydrogens (tertiary/aromatic N) is 3. The van der Waals surface area contributed by atoms with E-state index in [4.69, 9.17) is 16.1 Å². The minimum atomic E-state index is 0.0506. The van der Waals surface area contributed by atoms with E-state index >= 15 is 0 Å². The van der Waals surface area contributed by atoms with Crippen molar-refractivity contribution in [2.24, 2.45) is 0 Å². The van der Waals surface area contributed by atoms with Gasteiger partial charge in [-0.2, -0.15) is 5.26 Å². The molecule has 80 valence electrons. The molecule has 1 aromatic heterocycles. The summed E-state index contributed by atoms with van der Waals surface area (Å²) >= 11 is 0. The van der Waals surface area contributed by atoms with Crippen LogP contribution in [0.3, 0.4) is 0 Å². The number of aliphatic hydroxyl groups excluding tert-OH is 1. The molecule has 1 aromatic rings. The molecule has 1 rings (SSSR count). The lowest BCUT2D eigenvalue weighted by Crippen LogP contribution is -2.27. The summed E-state index contributed by atoms with van der Waals surface area (Å²) in [6, 6.07) is 3.56. The average Bonchev–Trinajstić information content (AvgIpc) is 2.26. The van der Waals surface area contributed by atoms with Gasteiger partial charge in [-0.1, -0.05) is 0 Å². The van der Waals surface area contributed by atoms with Gasteiger partial charge in [0.2, 0.25) is 0 Å². The molecule has 0 fully saturated rings. The highest BCUT2D eigenvalue weighted by molar-refractivity contribution is 5.64. The van der Waals surface area contributed by atoms with Gasteiger partial charge in [0.1, 0.15) is 6.07 Å². The smallest absolute Gasteiger partial charge is 0.151 e. The van der Waals surface area contributed by atoms with Gasteiger partial charge in [0.05, 0.1) is 17.9 Å². The molecule has 0 atom stereocenters. The molecule has 5 heteroatoms. The zero-order valence-electron chi connectivity index (χ0n) is 8.64. The number of likely N-dealkylation sites (N-methyl/N-ethyl adjacent to an activating group) is 1. The highest BCUT2D eigenvalue weighted by atomic mass is 16.3. The molecule has 0 saturated heterocycles. The molecule has 0 aliphatic carbocycles. The quantitative estimate of drug-likeness (QED) is 0.742. The molecule has 0 aliphatic rings. The van der Waals surface area contributed by atoms with E-state index in [-0.39, 0.29) is 6.61 Å². The van der Waals surface area contributed by atoms with Crippen LogP contribution in [-0.4, -0.2) is 29.8 Å². The van der Waals surface area contributed by atoms with E-state index in [0.717, 1.165) is 0 Å². The van der Waals surface area contributed by atoms with Gasteiger partial charge < -0.3 is 15.7 Å². The van der Waals surface area contributed by atoms with Gasteiger partial charge in [-0.05, 0) is 13.0 Å². The van der Waals surface area contributed by atoms with Crippen molar-refractivity contribution in [2.75, 3.05) is 30.3 Å². The molecular formula is C10H14N4O. The molecule has 0 saturated carbocycles. The fourth-order valence-electron chi connectivity index (χ4n) is 1.33. The third kappa shape index (κ3) is 2.58. The minimum Gasteiger partial charge on any atom is -0.396 e. The van der Waals surface area contributed by atoms with Crippen LogP contribution in [0.4, 0.5) is 11.5 Å². The number of nitriles is 1. The van der Waals surface area contributed by atoms with Gasteiger partial charge in [-0.15, -0.1) is 0 Å². The molecule has 0 spiro atoms. The van der Waals surface area contributed by atoms with Gasteiger partial charge in [-0.25, -0.2) is 4.98 Å². The lowest BCUT2D eigenvalue weighted by Gasteiger charge is -2.22. The lowest BCUT2D eigenvalue weighted by molar-refractivity contribution is 0.302. The number of pyridine rings is 1. The number of hydrogen-bond donors (Lipinski definition) is 2. The Kier molecular flexibility index (Phi) is 3.89. The summed E-state index contributed by atoms with van der Waals surface area (Å²) in [6.07, 6.45) is 1.48. The van der Waals surface area contributed by atoms with E-state index < -0.39 is 0 Å². The molecule has 0 unspecified atom stereocenters. The van der Waals surface area contributed by atoms with Gasteiger partial charge in [-0.3, -0.25) is 0 Å². The van der Waals surface area contributed by atoms with Crippen molar-refractivity contribution in [3.63, 3.8) is 0 Å². The summed E-state index contributed by atoms with van der Waals surface area (Å²) in [5.41, 5.74) is 6.67. The molecule has 0 radical (unpaired) electrons. The Bertz CT molecular complexity index is 372. The van der Waals surface area contributed by atoms with Crippen molar-refractivity contribution in [3.05, 3.63) is 17.8 Å². The van der Waals surface area contributed by atoms with Crippen LogP contribution in [0.1, 0.15) is 12.5 Å². The molecular weight excluding hydrogens is 192 g/mol. The van der Waals surface area contributed by atoms with Crippen LogP contribution in [0.25, 0.3) is 0 Å². The van der Waals surface area contributed by atoms with Gasteiger partial charge in [0.25, 0.3) is 0 Å². The van der Waals surface area contributed by atoms with Crippen molar-refractivity contribution in [2.45, 2.75) is 6.92 Å². The number of nitrogens with two attached hydrogens (primary N) is 1. The van der Waals surface area contributed by atoms with Crippen molar-refractivity contribution in [1.29, 1.82) is 5.26 Å². The number of rotatable bonds is 4. The predicted octanol–water partition coefficient (Wildman–Crippen LogP) is 0.354. The first-order valence-corrected chi connectivity index (χ1v) is 4.74. The molecule has 0 aliphatic heterocycles. The monoisotopic (exact) mass is 206 g/mol. The molecule has 0 amide bonds. The standard InChI is InChI=1S/C10H14N4O/c1-2-14(3-4-15)10-9(12)5-8(6-11)7-13-10/h5,7,15H,2-4,12H2,1H3. The SMILES string of the molecule is CCN(CCO)c1ncc(C#N)cc1N. The average molecular weight is 206 g/mol. The van der Waals surface area contributed by atoms with E-state index in [1.165, 1.54) is 6.20 Å². The molecule has 5 nitrogen and oxygen atoms in total. The second-order valence-corrected chi connectivity index (χ2v) is 3.05. The van der Waals surface area contributed by atoms with Gasteiger partial charge >= 0.3 is 0 Å². The van der Waals surface area contributed by atoms with E-state index in [1.807, 2.05) is 17.9 Å². The molecule has 3 N–H and O–H groups in total. The Morgan fingerprint density at radius 1 is 1.67 bits per heavy atom.